The number of aryl methyl sites for hydroxylation is 1. The van der Waals surface area contributed by atoms with Crippen molar-refractivity contribution in [1.82, 2.24) is 4.98 Å². The number of nitrogens with two attached hydrogens (primary N) is 1. The molecule has 2 aromatic carbocycles. The number of benzene rings is 2. The second kappa shape index (κ2) is 8.67. The standard InChI is InChI=1S/C23H26N4O2S/c1-15-11-12-17(24)19(14-15)27(30)22(28)26-18-9-7-13-25-21(18)29-20-10-6-5-8-16(20)23(2,3)4/h5-14,30H,24H2,1-4H3,(H,26,28). The van der Waals surface area contributed by atoms with Crippen LogP contribution in [0.1, 0.15) is 31.9 Å². The molecule has 1 aromatic heterocycles. The smallest absolute Gasteiger partial charge is 0.336 e. The summed E-state index contributed by atoms with van der Waals surface area (Å²) in [7, 11) is 0. The molecule has 0 radical (unpaired) electrons. The summed E-state index contributed by atoms with van der Waals surface area (Å²) in [6.07, 6.45) is 1.61. The molecule has 3 N–H and O–H groups in total. The van der Waals surface area contributed by atoms with Gasteiger partial charge in [-0.25, -0.2) is 14.1 Å². The number of hydrogen-bond acceptors (Lipinski definition) is 5. The lowest BCUT2D eigenvalue weighted by molar-refractivity contribution is 0.260. The van der Waals surface area contributed by atoms with Gasteiger partial charge in [0.2, 0.25) is 5.88 Å². The molecule has 2 amide bonds. The first kappa shape index (κ1) is 21.5. The third-order valence-corrected chi connectivity index (χ3v) is 4.92. The number of pyridine rings is 1. The highest BCUT2D eigenvalue weighted by Crippen LogP contribution is 2.36. The Balaban J connectivity index is 1.86. The fraction of sp³-hybridized carbons (Fsp3) is 0.217. The largest absolute Gasteiger partial charge is 0.437 e. The van der Waals surface area contributed by atoms with Gasteiger partial charge in [-0.2, -0.15) is 0 Å². The van der Waals surface area contributed by atoms with E-state index in [4.69, 9.17) is 10.5 Å². The Labute approximate surface area is 182 Å². The molecular weight excluding hydrogens is 396 g/mol. The van der Waals surface area contributed by atoms with Crippen LogP contribution in [0.5, 0.6) is 11.6 Å². The molecule has 0 atom stereocenters. The van der Waals surface area contributed by atoms with Gasteiger partial charge in [-0.3, -0.25) is 0 Å². The number of urea groups is 1. The molecule has 7 heteroatoms. The average molecular weight is 423 g/mol. The van der Waals surface area contributed by atoms with Crippen molar-refractivity contribution >= 4 is 35.9 Å². The highest BCUT2D eigenvalue weighted by Gasteiger charge is 2.21. The van der Waals surface area contributed by atoms with Crippen LogP contribution in [-0.2, 0) is 5.41 Å². The van der Waals surface area contributed by atoms with Gasteiger partial charge in [-0.15, -0.1) is 0 Å². The minimum Gasteiger partial charge on any atom is -0.437 e. The van der Waals surface area contributed by atoms with Crippen LogP contribution in [0, 0.1) is 6.92 Å². The number of carbonyl (C=O) groups excluding carboxylic acids is 1. The van der Waals surface area contributed by atoms with E-state index in [1.165, 1.54) is 4.31 Å². The van der Waals surface area contributed by atoms with Gasteiger partial charge in [0.1, 0.15) is 11.4 Å². The number of thiol groups is 1. The molecular formula is C23H26N4O2S. The Bertz CT molecular complexity index is 1060. The van der Waals surface area contributed by atoms with Gasteiger partial charge >= 0.3 is 6.03 Å². The quantitative estimate of drug-likeness (QED) is 0.359. The van der Waals surface area contributed by atoms with E-state index in [1.54, 1.807) is 30.5 Å². The van der Waals surface area contributed by atoms with Crippen molar-refractivity contribution in [3.05, 3.63) is 71.9 Å². The Morgan fingerprint density at radius 2 is 1.87 bits per heavy atom. The van der Waals surface area contributed by atoms with Crippen molar-refractivity contribution < 1.29 is 9.53 Å². The fourth-order valence-electron chi connectivity index (χ4n) is 2.96. The van der Waals surface area contributed by atoms with Crippen molar-refractivity contribution in [1.29, 1.82) is 0 Å². The zero-order chi connectivity index (χ0) is 21.9. The number of hydrogen-bond donors (Lipinski definition) is 3. The molecule has 3 aromatic rings. The number of nitrogen functional groups attached to an aromatic ring is 1. The molecule has 0 spiro atoms. The first-order chi connectivity index (χ1) is 14.2. The van der Waals surface area contributed by atoms with Crippen molar-refractivity contribution in [2.45, 2.75) is 33.1 Å². The summed E-state index contributed by atoms with van der Waals surface area (Å²) in [5, 5.41) is 2.80. The van der Waals surface area contributed by atoms with E-state index in [0.29, 0.717) is 28.7 Å². The maximum Gasteiger partial charge on any atom is 0.336 e. The SMILES string of the molecule is Cc1ccc(N)c(N(S)C(=O)Nc2cccnc2Oc2ccccc2C(C)(C)C)c1. The summed E-state index contributed by atoms with van der Waals surface area (Å²) in [4.78, 5) is 17.1. The predicted molar refractivity (Wildman–Crippen MR) is 126 cm³/mol. The maximum absolute atomic E-state index is 12.8. The van der Waals surface area contributed by atoms with Gasteiger partial charge in [-0.1, -0.05) is 57.9 Å². The first-order valence-corrected chi connectivity index (χ1v) is 9.95. The minimum absolute atomic E-state index is 0.112. The molecule has 0 bridgehead atoms. The third kappa shape index (κ3) is 4.86. The average Bonchev–Trinajstić information content (AvgIpc) is 2.70. The third-order valence-electron chi connectivity index (χ3n) is 4.52. The van der Waals surface area contributed by atoms with Gasteiger partial charge in [0.25, 0.3) is 0 Å². The van der Waals surface area contributed by atoms with Crippen LogP contribution in [0.3, 0.4) is 0 Å². The second-order valence-electron chi connectivity index (χ2n) is 8.01. The second-order valence-corrected chi connectivity index (χ2v) is 8.41. The van der Waals surface area contributed by atoms with Gasteiger partial charge in [0, 0.05) is 11.8 Å². The molecule has 3 rings (SSSR count). The van der Waals surface area contributed by atoms with Crippen molar-refractivity contribution in [2.75, 3.05) is 15.4 Å². The van der Waals surface area contributed by atoms with Crippen LogP contribution in [0.15, 0.2) is 60.8 Å². The van der Waals surface area contributed by atoms with E-state index in [-0.39, 0.29) is 5.41 Å². The molecule has 0 unspecified atom stereocenters. The number of carbonyl (C=O) groups is 1. The van der Waals surface area contributed by atoms with Crippen LogP contribution in [0.4, 0.5) is 21.9 Å². The van der Waals surface area contributed by atoms with E-state index < -0.39 is 6.03 Å². The lowest BCUT2D eigenvalue weighted by Crippen LogP contribution is -2.27. The first-order valence-electron chi connectivity index (χ1n) is 9.55. The monoisotopic (exact) mass is 422 g/mol. The maximum atomic E-state index is 12.8. The van der Waals surface area contributed by atoms with Gasteiger partial charge in [-0.05, 0) is 48.2 Å². The molecule has 1 heterocycles. The van der Waals surface area contributed by atoms with Crippen LogP contribution in [0.2, 0.25) is 0 Å². The summed E-state index contributed by atoms with van der Waals surface area (Å²) >= 11 is 4.33. The van der Waals surface area contributed by atoms with Crippen LogP contribution < -0.4 is 20.1 Å². The van der Waals surface area contributed by atoms with E-state index in [9.17, 15) is 4.79 Å². The Morgan fingerprint density at radius 3 is 2.60 bits per heavy atom. The Hall–Kier alpha value is -3.19. The number of nitrogens with one attached hydrogen (secondary N) is 1. The van der Waals surface area contributed by atoms with E-state index in [1.807, 2.05) is 37.3 Å². The Kier molecular flexibility index (Phi) is 6.22. The molecule has 0 fully saturated rings. The summed E-state index contributed by atoms with van der Waals surface area (Å²) < 4.78 is 7.27. The molecule has 30 heavy (non-hydrogen) atoms. The summed E-state index contributed by atoms with van der Waals surface area (Å²) in [6.45, 7) is 8.26. The highest BCUT2D eigenvalue weighted by atomic mass is 32.1. The van der Waals surface area contributed by atoms with Crippen LogP contribution in [0.25, 0.3) is 0 Å². The number of para-hydroxylation sites is 1. The lowest BCUT2D eigenvalue weighted by Gasteiger charge is -2.23. The van der Waals surface area contributed by atoms with Crippen molar-refractivity contribution in [2.24, 2.45) is 0 Å². The van der Waals surface area contributed by atoms with Gasteiger partial charge in [0.05, 0.1) is 11.4 Å². The number of aromatic nitrogens is 1. The molecule has 0 aliphatic carbocycles. The van der Waals surface area contributed by atoms with Crippen LogP contribution >= 0.6 is 12.8 Å². The minimum atomic E-state index is -0.474. The summed E-state index contributed by atoms with van der Waals surface area (Å²) in [5.74, 6) is 0.978. The Morgan fingerprint density at radius 1 is 1.13 bits per heavy atom. The zero-order valence-corrected chi connectivity index (χ0v) is 18.4. The molecule has 156 valence electrons. The van der Waals surface area contributed by atoms with Gasteiger partial charge in [0.15, 0.2) is 0 Å². The number of nitrogens with zero attached hydrogens (tertiary/aromatic N) is 2. The topological polar surface area (TPSA) is 80.5 Å². The van der Waals surface area contributed by atoms with Crippen molar-refractivity contribution in [3.8, 4) is 11.6 Å². The molecule has 0 aliphatic rings. The number of amides is 2. The van der Waals surface area contributed by atoms with E-state index in [0.717, 1.165) is 11.1 Å². The predicted octanol–water partition coefficient (Wildman–Crippen LogP) is 5.95. The molecule has 0 saturated carbocycles. The summed E-state index contributed by atoms with van der Waals surface area (Å²) in [6, 6.07) is 16.2. The van der Waals surface area contributed by atoms with Crippen LogP contribution in [-0.4, -0.2) is 11.0 Å². The highest BCUT2D eigenvalue weighted by molar-refractivity contribution is 7.82. The fourth-order valence-corrected chi connectivity index (χ4v) is 3.18. The zero-order valence-electron chi connectivity index (χ0n) is 17.5. The van der Waals surface area contributed by atoms with Gasteiger partial charge < -0.3 is 15.8 Å². The van der Waals surface area contributed by atoms with E-state index >= 15 is 0 Å². The molecule has 0 saturated heterocycles. The van der Waals surface area contributed by atoms with E-state index in [2.05, 4.69) is 43.9 Å². The number of anilines is 3. The summed E-state index contributed by atoms with van der Waals surface area (Å²) in [5.41, 5.74) is 9.28. The number of ether oxygens (including phenoxy) is 1. The normalized spacial score (nSPS) is 11.1. The lowest BCUT2D eigenvalue weighted by atomic mass is 9.86. The molecule has 0 aliphatic heterocycles. The molecule has 6 nitrogen and oxygen atoms in total. The van der Waals surface area contributed by atoms with Crippen molar-refractivity contribution in [3.63, 3.8) is 0 Å². The number of rotatable bonds is 4.